The lowest BCUT2D eigenvalue weighted by Crippen LogP contribution is -2.34. The molecule has 33 heavy (non-hydrogen) atoms. The fourth-order valence-corrected chi connectivity index (χ4v) is 5.09. The molecule has 0 amide bonds. The Balaban J connectivity index is 1.65. The van der Waals surface area contributed by atoms with Crippen LogP contribution in [0.25, 0.3) is 27.6 Å². The highest BCUT2D eigenvalue weighted by Gasteiger charge is 2.38. The number of fused-ring (bicyclic) bond motifs is 4. The summed E-state index contributed by atoms with van der Waals surface area (Å²) in [4.78, 5) is 0. The Morgan fingerprint density at radius 1 is 0.636 bits per heavy atom. The van der Waals surface area contributed by atoms with Crippen molar-refractivity contribution in [3.63, 3.8) is 0 Å². The van der Waals surface area contributed by atoms with Gasteiger partial charge in [-0.1, -0.05) is 117 Å². The Labute approximate surface area is 195 Å². The van der Waals surface area contributed by atoms with Crippen molar-refractivity contribution in [3.05, 3.63) is 131 Å². The predicted octanol–water partition coefficient (Wildman–Crippen LogP) is 8.47. The van der Waals surface area contributed by atoms with Crippen LogP contribution in [0.2, 0.25) is 0 Å². The molecular weight excluding hydrogens is 400 g/mol. The zero-order valence-electron chi connectivity index (χ0n) is 19.0. The second-order valence-corrected chi connectivity index (χ2v) is 9.18. The minimum absolute atomic E-state index is 0.404. The molecular formula is C32H26O. The van der Waals surface area contributed by atoms with Crippen molar-refractivity contribution in [2.75, 3.05) is 0 Å². The first-order valence-electron chi connectivity index (χ1n) is 11.6. The summed E-state index contributed by atoms with van der Waals surface area (Å²) in [6.07, 6.45) is 4.53. The van der Waals surface area contributed by atoms with Crippen LogP contribution in [0.4, 0.5) is 0 Å². The summed E-state index contributed by atoms with van der Waals surface area (Å²) < 4.78 is 7.16. The molecule has 1 aliphatic rings. The zero-order chi connectivity index (χ0) is 22.4. The molecule has 0 N–H and O–H groups in total. The normalized spacial score (nSPS) is 17.3. The van der Waals surface area contributed by atoms with Crippen molar-refractivity contribution < 1.29 is 4.74 Å². The third kappa shape index (κ3) is 3.15. The van der Waals surface area contributed by atoms with Crippen LogP contribution >= 0.6 is 0 Å². The van der Waals surface area contributed by atoms with Crippen LogP contribution in [-0.4, -0.2) is 0 Å². The maximum Gasteiger partial charge on any atom is 0.178 e. The highest BCUT2D eigenvalue weighted by molar-refractivity contribution is 5.94. The molecule has 0 saturated heterocycles. The van der Waals surface area contributed by atoms with Crippen LogP contribution in [0.5, 0.6) is 5.75 Å². The van der Waals surface area contributed by atoms with Gasteiger partial charge in [-0.15, -0.1) is 0 Å². The second kappa shape index (κ2) is 7.64. The lowest BCUT2D eigenvalue weighted by molar-refractivity contribution is 0.163. The average molecular weight is 427 g/mol. The number of ether oxygens (including phenoxy) is 1. The molecule has 0 fully saturated rings. The van der Waals surface area contributed by atoms with Gasteiger partial charge in [-0.2, -0.15) is 0 Å². The van der Waals surface area contributed by atoms with Crippen LogP contribution in [0.3, 0.4) is 0 Å². The van der Waals surface area contributed by atoms with E-state index in [2.05, 4.69) is 129 Å². The van der Waals surface area contributed by atoms with E-state index in [0.717, 1.165) is 22.3 Å². The summed E-state index contributed by atoms with van der Waals surface area (Å²) in [5.41, 5.74) is 4.07. The molecule has 1 heteroatoms. The summed E-state index contributed by atoms with van der Waals surface area (Å²) >= 11 is 0. The molecule has 6 rings (SSSR count). The zero-order valence-corrected chi connectivity index (χ0v) is 19.0. The Bertz CT molecular complexity index is 1510. The predicted molar refractivity (Wildman–Crippen MR) is 139 cm³/mol. The molecule has 0 bridgehead atoms. The van der Waals surface area contributed by atoms with Crippen molar-refractivity contribution >= 4 is 27.6 Å². The molecule has 0 spiro atoms. The topological polar surface area (TPSA) is 9.23 Å². The summed E-state index contributed by atoms with van der Waals surface area (Å²) in [5.74, 6) is 1.37. The maximum atomic E-state index is 7.16. The largest absolute Gasteiger partial charge is 0.472 e. The van der Waals surface area contributed by atoms with E-state index in [0.29, 0.717) is 5.92 Å². The number of hydrogen-bond donors (Lipinski definition) is 0. The number of benzene rings is 5. The molecule has 5 aromatic rings. The van der Waals surface area contributed by atoms with Gasteiger partial charge in [-0.05, 0) is 39.8 Å². The summed E-state index contributed by atoms with van der Waals surface area (Å²) in [5, 5.41) is 4.82. The van der Waals surface area contributed by atoms with Crippen LogP contribution < -0.4 is 4.74 Å². The fraction of sp³-hybridized carbons (Fsp3) is 0.125. The Kier molecular flexibility index (Phi) is 4.58. The van der Waals surface area contributed by atoms with Gasteiger partial charge in [-0.25, -0.2) is 0 Å². The van der Waals surface area contributed by atoms with Crippen LogP contribution in [0.15, 0.2) is 109 Å². The molecule has 5 aromatic carbocycles. The average Bonchev–Trinajstić information content (AvgIpc) is 2.88. The molecule has 1 nitrogen and oxygen atoms in total. The van der Waals surface area contributed by atoms with Crippen LogP contribution in [-0.2, 0) is 5.60 Å². The van der Waals surface area contributed by atoms with Gasteiger partial charge in [0.15, 0.2) is 5.60 Å². The smallest absolute Gasteiger partial charge is 0.178 e. The quantitative estimate of drug-likeness (QED) is 0.281. The van der Waals surface area contributed by atoms with Gasteiger partial charge in [0.05, 0.1) is 0 Å². The van der Waals surface area contributed by atoms with Gasteiger partial charge in [0, 0.05) is 22.1 Å². The first kappa shape index (κ1) is 19.8. The molecule has 0 aromatic heterocycles. The molecule has 160 valence electrons. The molecule has 1 aliphatic heterocycles. The monoisotopic (exact) mass is 426 g/mol. The standard InChI is InChI=1S/C32H26O/c1-22(2)30-21-25-12-8-9-15-28(25)31-29(30)18-19-32(33-31,26-13-4-3-5-14-26)27-17-16-23-10-6-7-11-24(23)20-27/h3-22H,1-2H3. The first-order chi connectivity index (χ1) is 16.2. The van der Waals surface area contributed by atoms with E-state index in [-0.39, 0.29) is 0 Å². The lowest BCUT2D eigenvalue weighted by atomic mass is 9.81. The Morgan fingerprint density at radius 2 is 1.33 bits per heavy atom. The fourth-order valence-electron chi connectivity index (χ4n) is 5.09. The SMILES string of the molecule is CC(C)c1cc2ccccc2c2c1C=CC(c1ccccc1)(c1ccc3ccccc3c1)O2. The minimum Gasteiger partial charge on any atom is -0.472 e. The summed E-state index contributed by atoms with van der Waals surface area (Å²) in [6, 6.07) is 36.6. The van der Waals surface area contributed by atoms with E-state index in [9.17, 15) is 0 Å². The molecule has 1 unspecified atom stereocenters. The number of rotatable bonds is 3. The van der Waals surface area contributed by atoms with Gasteiger partial charge in [0.1, 0.15) is 5.75 Å². The van der Waals surface area contributed by atoms with Gasteiger partial charge < -0.3 is 4.74 Å². The second-order valence-electron chi connectivity index (χ2n) is 9.18. The molecule has 1 heterocycles. The van der Waals surface area contributed by atoms with E-state index in [4.69, 9.17) is 4.74 Å². The van der Waals surface area contributed by atoms with Crippen molar-refractivity contribution in [2.45, 2.75) is 25.4 Å². The summed E-state index contributed by atoms with van der Waals surface area (Å²) in [7, 11) is 0. The van der Waals surface area contributed by atoms with Crippen molar-refractivity contribution in [1.29, 1.82) is 0 Å². The lowest BCUT2D eigenvalue weighted by Gasteiger charge is -2.37. The Hall–Kier alpha value is -3.84. The van der Waals surface area contributed by atoms with E-state index in [1.807, 2.05) is 0 Å². The molecule has 0 saturated carbocycles. The molecule has 1 atom stereocenters. The third-order valence-electron chi connectivity index (χ3n) is 6.82. The van der Waals surface area contributed by atoms with Gasteiger partial charge >= 0.3 is 0 Å². The van der Waals surface area contributed by atoms with Crippen molar-refractivity contribution in [2.24, 2.45) is 0 Å². The minimum atomic E-state index is -0.698. The first-order valence-corrected chi connectivity index (χ1v) is 11.6. The third-order valence-corrected chi connectivity index (χ3v) is 6.82. The van der Waals surface area contributed by atoms with Crippen LogP contribution in [0, 0.1) is 0 Å². The summed E-state index contributed by atoms with van der Waals surface area (Å²) in [6.45, 7) is 4.50. The van der Waals surface area contributed by atoms with Gasteiger partial charge in [-0.3, -0.25) is 0 Å². The van der Waals surface area contributed by atoms with E-state index in [1.165, 1.54) is 27.3 Å². The Morgan fingerprint density at radius 3 is 2.12 bits per heavy atom. The highest BCUT2D eigenvalue weighted by Crippen LogP contribution is 2.47. The van der Waals surface area contributed by atoms with Crippen molar-refractivity contribution in [1.82, 2.24) is 0 Å². The van der Waals surface area contributed by atoms with E-state index < -0.39 is 5.60 Å². The van der Waals surface area contributed by atoms with E-state index >= 15 is 0 Å². The number of hydrogen-bond acceptors (Lipinski definition) is 1. The van der Waals surface area contributed by atoms with Gasteiger partial charge in [0.25, 0.3) is 0 Å². The maximum absolute atomic E-state index is 7.16. The highest BCUT2D eigenvalue weighted by atomic mass is 16.5. The van der Waals surface area contributed by atoms with Gasteiger partial charge in [0.2, 0.25) is 0 Å². The molecule has 0 aliphatic carbocycles. The molecule has 0 radical (unpaired) electrons. The van der Waals surface area contributed by atoms with Crippen molar-refractivity contribution in [3.8, 4) is 5.75 Å². The van der Waals surface area contributed by atoms with Crippen LogP contribution in [0.1, 0.15) is 42.0 Å². The van der Waals surface area contributed by atoms with E-state index in [1.54, 1.807) is 0 Å².